The Hall–Kier alpha value is -2.18. The van der Waals surface area contributed by atoms with Crippen LogP contribution in [-0.2, 0) is 22.3 Å². The number of benzene rings is 1. The molecule has 3 aliphatic rings. The van der Waals surface area contributed by atoms with Crippen LogP contribution >= 0.6 is 0 Å². The van der Waals surface area contributed by atoms with E-state index in [1.54, 1.807) is 0 Å². The van der Waals surface area contributed by atoms with Crippen LogP contribution in [0.5, 0.6) is 0 Å². The standard InChI is InChI=1S/C21H25N3O3/c25-20(23-11-9-15(10-12-23)21-26-13-14-27-21)19-17-7-4-8-18(17)24(22-19)16-5-2-1-3-6-16/h1-3,5-6,15,21H,4,7-14H2. The van der Waals surface area contributed by atoms with E-state index in [1.165, 1.54) is 5.69 Å². The zero-order valence-corrected chi connectivity index (χ0v) is 15.5. The van der Waals surface area contributed by atoms with E-state index in [9.17, 15) is 4.79 Å². The number of likely N-dealkylation sites (tertiary alicyclic amines) is 1. The van der Waals surface area contributed by atoms with Gasteiger partial charge in [0, 0.05) is 30.3 Å². The van der Waals surface area contributed by atoms with Crippen molar-refractivity contribution in [2.45, 2.75) is 38.4 Å². The van der Waals surface area contributed by atoms with Gasteiger partial charge < -0.3 is 14.4 Å². The van der Waals surface area contributed by atoms with E-state index < -0.39 is 0 Å². The fourth-order valence-electron chi connectivity index (χ4n) is 4.57. The molecule has 2 aromatic rings. The molecular weight excluding hydrogens is 342 g/mol. The lowest BCUT2D eigenvalue weighted by Gasteiger charge is -2.33. The summed E-state index contributed by atoms with van der Waals surface area (Å²) in [4.78, 5) is 15.2. The molecule has 27 heavy (non-hydrogen) atoms. The maximum Gasteiger partial charge on any atom is 0.274 e. The van der Waals surface area contributed by atoms with Crippen molar-refractivity contribution in [3.63, 3.8) is 0 Å². The third kappa shape index (κ3) is 3.07. The molecule has 0 radical (unpaired) electrons. The number of amides is 1. The number of fused-ring (bicyclic) bond motifs is 1. The zero-order valence-electron chi connectivity index (χ0n) is 15.5. The topological polar surface area (TPSA) is 56.6 Å². The molecule has 2 aliphatic heterocycles. The monoisotopic (exact) mass is 367 g/mol. The highest BCUT2D eigenvalue weighted by molar-refractivity contribution is 5.94. The SMILES string of the molecule is O=C(c1nn(-c2ccccc2)c2c1CCC2)N1CCC(C2OCCO2)CC1. The Morgan fingerprint density at radius 1 is 1.04 bits per heavy atom. The fraction of sp³-hybridized carbons (Fsp3) is 0.524. The van der Waals surface area contributed by atoms with Gasteiger partial charge in [0.2, 0.25) is 0 Å². The third-order valence-electron chi connectivity index (χ3n) is 5.99. The van der Waals surface area contributed by atoms with E-state index >= 15 is 0 Å². The van der Waals surface area contributed by atoms with Crippen molar-refractivity contribution in [1.29, 1.82) is 0 Å². The van der Waals surface area contributed by atoms with Crippen molar-refractivity contribution in [3.05, 3.63) is 47.3 Å². The minimum absolute atomic E-state index is 0.0783. The summed E-state index contributed by atoms with van der Waals surface area (Å²) < 4.78 is 13.3. The molecule has 2 fully saturated rings. The first-order valence-corrected chi connectivity index (χ1v) is 10.00. The van der Waals surface area contributed by atoms with E-state index in [0.29, 0.717) is 24.8 Å². The Morgan fingerprint density at radius 3 is 2.52 bits per heavy atom. The maximum atomic E-state index is 13.2. The number of nitrogens with zero attached hydrogens (tertiary/aromatic N) is 3. The van der Waals surface area contributed by atoms with Gasteiger partial charge in [0.25, 0.3) is 5.91 Å². The molecule has 0 spiro atoms. The van der Waals surface area contributed by atoms with Crippen molar-refractivity contribution in [1.82, 2.24) is 14.7 Å². The third-order valence-corrected chi connectivity index (χ3v) is 5.99. The molecule has 0 saturated carbocycles. The number of ether oxygens (including phenoxy) is 2. The van der Waals surface area contributed by atoms with Crippen LogP contribution in [-0.4, -0.2) is 53.2 Å². The van der Waals surface area contributed by atoms with Crippen molar-refractivity contribution in [2.24, 2.45) is 5.92 Å². The van der Waals surface area contributed by atoms with Gasteiger partial charge in [-0.15, -0.1) is 0 Å². The average molecular weight is 367 g/mol. The number of aromatic nitrogens is 2. The Morgan fingerprint density at radius 2 is 1.78 bits per heavy atom. The number of carbonyl (C=O) groups excluding carboxylic acids is 1. The highest BCUT2D eigenvalue weighted by Crippen LogP contribution is 2.30. The number of piperidine rings is 1. The van der Waals surface area contributed by atoms with Gasteiger partial charge in [-0.2, -0.15) is 5.10 Å². The van der Waals surface area contributed by atoms with Gasteiger partial charge in [-0.3, -0.25) is 4.79 Å². The molecule has 0 bridgehead atoms. The minimum atomic E-state index is -0.0798. The second-order valence-electron chi connectivity index (χ2n) is 7.61. The van der Waals surface area contributed by atoms with Crippen LogP contribution in [0.4, 0.5) is 0 Å². The molecule has 1 amide bonds. The van der Waals surface area contributed by atoms with Crippen LogP contribution in [0.3, 0.4) is 0 Å². The summed E-state index contributed by atoms with van der Waals surface area (Å²) in [6, 6.07) is 10.1. The predicted molar refractivity (Wildman–Crippen MR) is 99.9 cm³/mol. The Bertz CT molecular complexity index is 819. The summed E-state index contributed by atoms with van der Waals surface area (Å²) in [6.45, 7) is 2.87. The molecule has 5 rings (SSSR count). The van der Waals surface area contributed by atoms with E-state index in [0.717, 1.165) is 56.4 Å². The first kappa shape index (κ1) is 17.0. The van der Waals surface area contributed by atoms with Crippen LogP contribution in [0, 0.1) is 5.92 Å². The number of hydrogen-bond acceptors (Lipinski definition) is 4. The maximum absolute atomic E-state index is 13.2. The van der Waals surface area contributed by atoms with Crippen LogP contribution in [0.25, 0.3) is 5.69 Å². The smallest absolute Gasteiger partial charge is 0.274 e. The first-order chi connectivity index (χ1) is 13.3. The lowest BCUT2D eigenvalue weighted by molar-refractivity contribution is -0.0956. The highest BCUT2D eigenvalue weighted by Gasteiger charge is 2.34. The zero-order chi connectivity index (χ0) is 18.2. The van der Waals surface area contributed by atoms with Gasteiger partial charge in [0.1, 0.15) is 0 Å². The number of hydrogen-bond donors (Lipinski definition) is 0. The Labute approximate surface area is 159 Å². The van der Waals surface area contributed by atoms with Gasteiger partial charge in [-0.1, -0.05) is 18.2 Å². The molecule has 6 nitrogen and oxygen atoms in total. The minimum Gasteiger partial charge on any atom is -0.350 e. The van der Waals surface area contributed by atoms with Gasteiger partial charge in [0.15, 0.2) is 12.0 Å². The molecular formula is C21H25N3O3. The molecule has 0 atom stereocenters. The summed E-state index contributed by atoms with van der Waals surface area (Å²) in [5.74, 6) is 0.471. The second-order valence-corrected chi connectivity index (χ2v) is 7.61. The van der Waals surface area contributed by atoms with Crippen molar-refractivity contribution in [2.75, 3.05) is 26.3 Å². The summed E-state index contributed by atoms with van der Waals surface area (Å²) >= 11 is 0. The number of carbonyl (C=O) groups is 1. The number of para-hydroxylation sites is 1. The molecule has 142 valence electrons. The summed E-state index contributed by atoms with van der Waals surface area (Å²) in [5, 5.41) is 4.75. The molecule has 6 heteroatoms. The number of rotatable bonds is 3. The molecule has 2 saturated heterocycles. The van der Waals surface area contributed by atoms with E-state index in [1.807, 2.05) is 39.9 Å². The molecule has 0 N–H and O–H groups in total. The van der Waals surface area contributed by atoms with Crippen molar-refractivity contribution >= 4 is 5.91 Å². The van der Waals surface area contributed by atoms with E-state index in [4.69, 9.17) is 14.6 Å². The van der Waals surface area contributed by atoms with Gasteiger partial charge in [0.05, 0.1) is 18.9 Å². The Kier molecular flexibility index (Phi) is 4.45. The van der Waals surface area contributed by atoms with E-state index in [-0.39, 0.29) is 12.2 Å². The summed E-state index contributed by atoms with van der Waals surface area (Å²) in [6.07, 6.45) is 4.81. The molecule has 3 heterocycles. The van der Waals surface area contributed by atoms with Crippen molar-refractivity contribution < 1.29 is 14.3 Å². The molecule has 1 aromatic carbocycles. The summed E-state index contributed by atoms with van der Waals surface area (Å²) in [5.41, 5.74) is 4.03. The van der Waals surface area contributed by atoms with Gasteiger partial charge in [-0.25, -0.2) is 4.68 Å². The first-order valence-electron chi connectivity index (χ1n) is 10.00. The largest absolute Gasteiger partial charge is 0.350 e. The fourth-order valence-corrected chi connectivity index (χ4v) is 4.57. The Balaban J connectivity index is 1.35. The summed E-state index contributed by atoms with van der Waals surface area (Å²) in [7, 11) is 0. The highest BCUT2D eigenvalue weighted by atomic mass is 16.7. The van der Waals surface area contributed by atoms with Gasteiger partial charge >= 0.3 is 0 Å². The van der Waals surface area contributed by atoms with Crippen LogP contribution in [0.2, 0.25) is 0 Å². The second kappa shape index (κ2) is 7.09. The molecule has 1 aromatic heterocycles. The molecule has 1 aliphatic carbocycles. The van der Waals surface area contributed by atoms with Crippen LogP contribution in [0.15, 0.2) is 30.3 Å². The van der Waals surface area contributed by atoms with Crippen LogP contribution < -0.4 is 0 Å². The van der Waals surface area contributed by atoms with Crippen molar-refractivity contribution in [3.8, 4) is 5.69 Å². The normalized spacial score (nSPS) is 21.0. The van der Waals surface area contributed by atoms with E-state index in [2.05, 4.69) is 0 Å². The predicted octanol–water partition coefficient (Wildman–Crippen LogP) is 2.59. The van der Waals surface area contributed by atoms with Crippen LogP contribution in [0.1, 0.15) is 41.0 Å². The van der Waals surface area contributed by atoms with Gasteiger partial charge in [-0.05, 0) is 44.2 Å². The quantitative estimate of drug-likeness (QED) is 0.837. The average Bonchev–Trinajstić information content (AvgIpc) is 3.46. The molecule has 0 unspecified atom stereocenters. The lowest BCUT2D eigenvalue weighted by Crippen LogP contribution is -2.41. The lowest BCUT2D eigenvalue weighted by atomic mass is 9.96.